The van der Waals surface area contributed by atoms with E-state index in [-0.39, 0.29) is 49.1 Å². The molecule has 2 N–H and O–H groups in total. The Labute approximate surface area is 161 Å². The standard InChI is InChI=1S/C18H20N4O5S/c1-2-16(23)20-12-17(24)21-8-10-22(11-9-21)28(26,27)15-5-3-4-14-13(15)6-7-19-18(14)25/h2-7H,1,8-12H2,(H,19,25)(H,20,23). The lowest BCUT2D eigenvalue weighted by Gasteiger charge is -2.34. The molecule has 1 aliphatic heterocycles. The molecule has 1 fully saturated rings. The largest absolute Gasteiger partial charge is 0.343 e. The van der Waals surface area contributed by atoms with Crippen molar-refractivity contribution in [2.45, 2.75) is 4.90 Å². The maximum Gasteiger partial charge on any atom is 0.255 e. The molecule has 9 nitrogen and oxygen atoms in total. The van der Waals surface area contributed by atoms with Crippen molar-refractivity contribution >= 4 is 32.6 Å². The van der Waals surface area contributed by atoms with Crippen molar-refractivity contribution in [3.05, 3.63) is 53.5 Å². The quantitative estimate of drug-likeness (QED) is 0.661. The number of aromatic amines is 1. The number of nitrogens with zero attached hydrogens (tertiary/aromatic N) is 2. The molecule has 0 spiro atoms. The Morgan fingerprint density at radius 3 is 2.54 bits per heavy atom. The number of sulfonamides is 1. The van der Waals surface area contributed by atoms with Crippen LogP contribution in [0, 0.1) is 0 Å². The topological polar surface area (TPSA) is 120 Å². The molecule has 2 amide bonds. The Bertz CT molecular complexity index is 1080. The maximum absolute atomic E-state index is 13.1. The lowest BCUT2D eigenvalue weighted by Crippen LogP contribution is -2.52. The summed E-state index contributed by atoms with van der Waals surface area (Å²) in [5.74, 6) is -0.732. The summed E-state index contributed by atoms with van der Waals surface area (Å²) in [6.45, 7) is 3.84. The minimum atomic E-state index is -3.82. The van der Waals surface area contributed by atoms with E-state index >= 15 is 0 Å². The monoisotopic (exact) mass is 404 g/mol. The highest BCUT2D eigenvalue weighted by molar-refractivity contribution is 7.89. The molecule has 1 saturated heterocycles. The minimum Gasteiger partial charge on any atom is -0.343 e. The van der Waals surface area contributed by atoms with Gasteiger partial charge in [-0.1, -0.05) is 12.6 Å². The van der Waals surface area contributed by atoms with E-state index in [1.54, 1.807) is 12.1 Å². The first kappa shape index (κ1) is 19.8. The number of rotatable bonds is 5. The number of benzene rings is 1. The van der Waals surface area contributed by atoms with Crippen molar-refractivity contribution in [1.82, 2.24) is 19.5 Å². The Balaban J connectivity index is 1.75. The number of carbonyl (C=O) groups is 2. The summed E-state index contributed by atoms with van der Waals surface area (Å²) in [6.07, 6.45) is 2.49. The SMILES string of the molecule is C=CC(=O)NCC(=O)N1CCN(S(=O)(=O)c2cccc3c(=O)[nH]ccc23)CC1. The van der Waals surface area contributed by atoms with Crippen LogP contribution in [0.2, 0.25) is 0 Å². The number of fused-ring (bicyclic) bond motifs is 1. The lowest BCUT2D eigenvalue weighted by atomic mass is 10.2. The van der Waals surface area contributed by atoms with Crippen LogP contribution < -0.4 is 10.9 Å². The predicted molar refractivity (Wildman–Crippen MR) is 103 cm³/mol. The van der Waals surface area contributed by atoms with Gasteiger partial charge >= 0.3 is 0 Å². The zero-order valence-electron chi connectivity index (χ0n) is 15.1. The van der Waals surface area contributed by atoms with Crippen molar-refractivity contribution in [2.24, 2.45) is 0 Å². The fraction of sp³-hybridized carbons (Fsp3) is 0.278. The summed E-state index contributed by atoms with van der Waals surface area (Å²) in [6, 6.07) is 6.14. The van der Waals surface area contributed by atoms with Crippen molar-refractivity contribution in [1.29, 1.82) is 0 Å². The number of hydrogen-bond donors (Lipinski definition) is 2. The third kappa shape index (κ3) is 3.82. The van der Waals surface area contributed by atoms with Gasteiger partial charge in [-0.3, -0.25) is 14.4 Å². The summed E-state index contributed by atoms with van der Waals surface area (Å²) < 4.78 is 27.5. The van der Waals surface area contributed by atoms with E-state index < -0.39 is 15.9 Å². The highest BCUT2D eigenvalue weighted by Gasteiger charge is 2.31. The van der Waals surface area contributed by atoms with E-state index in [0.29, 0.717) is 10.8 Å². The highest BCUT2D eigenvalue weighted by atomic mass is 32.2. The molecule has 0 saturated carbocycles. The van der Waals surface area contributed by atoms with Gasteiger partial charge in [-0.15, -0.1) is 0 Å². The van der Waals surface area contributed by atoms with Crippen molar-refractivity contribution in [3.63, 3.8) is 0 Å². The fourth-order valence-corrected chi connectivity index (χ4v) is 4.71. The molecule has 0 atom stereocenters. The van der Waals surface area contributed by atoms with Crippen LogP contribution in [0.25, 0.3) is 10.8 Å². The summed E-state index contributed by atoms with van der Waals surface area (Å²) in [4.78, 5) is 39.3. The first-order valence-corrected chi connectivity index (χ1v) is 10.1. The molecule has 2 aromatic rings. The van der Waals surface area contributed by atoms with Crippen LogP contribution in [-0.2, 0) is 19.6 Å². The van der Waals surface area contributed by atoms with Crippen LogP contribution in [0.3, 0.4) is 0 Å². The van der Waals surface area contributed by atoms with Crippen LogP contribution in [0.1, 0.15) is 0 Å². The first-order chi connectivity index (χ1) is 13.3. The second-order valence-electron chi connectivity index (χ2n) is 6.23. The zero-order valence-corrected chi connectivity index (χ0v) is 15.9. The summed E-state index contributed by atoms with van der Waals surface area (Å²) in [5, 5.41) is 3.07. The van der Waals surface area contributed by atoms with Gasteiger partial charge in [-0.05, 0) is 24.3 Å². The van der Waals surface area contributed by atoms with Gasteiger partial charge in [0, 0.05) is 43.1 Å². The van der Waals surface area contributed by atoms with E-state index in [4.69, 9.17) is 0 Å². The number of nitrogens with one attached hydrogen (secondary N) is 2. The molecule has 0 bridgehead atoms. The second-order valence-corrected chi connectivity index (χ2v) is 8.14. The molecule has 148 valence electrons. The Kier molecular flexibility index (Phi) is 5.61. The number of piperazine rings is 1. The highest BCUT2D eigenvalue weighted by Crippen LogP contribution is 2.24. The molecule has 1 aromatic carbocycles. The Hall–Kier alpha value is -2.98. The summed E-state index contributed by atoms with van der Waals surface area (Å²) >= 11 is 0. The van der Waals surface area contributed by atoms with Gasteiger partial charge in [-0.25, -0.2) is 8.42 Å². The minimum absolute atomic E-state index is 0.0640. The third-order valence-corrected chi connectivity index (χ3v) is 6.54. The average Bonchev–Trinajstić information content (AvgIpc) is 2.71. The van der Waals surface area contributed by atoms with Crippen molar-refractivity contribution in [3.8, 4) is 0 Å². The van der Waals surface area contributed by atoms with Gasteiger partial charge in [0.1, 0.15) is 0 Å². The molecular weight excluding hydrogens is 384 g/mol. The zero-order chi connectivity index (χ0) is 20.3. The van der Waals surface area contributed by atoms with Gasteiger partial charge in [0.15, 0.2) is 0 Å². The van der Waals surface area contributed by atoms with E-state index in [1.165, 1.54) is 27.5 Å². The second kappa shape index (κ2) is 7.95. The number of hydrogen-bond acceptors (Lipinski definition) is 5. The van der Waals surface area contributed by atoms with E-state index in [2.05, 4.69) is 16.9 Å². The summed E-state index contributed by atoms with van der Waals surface area (Å²) in [5.41, 5.74) is -0.355. The number of amides is 2. The van der Waals surface area contributed by atoms with Crippen molar-refractivity contribution in [2.75, 3.05) is 32.7 Å². The van der Waals surface area contributed by atoms with E-state index in [0.717, 1.165) is 6.08 Å². The molecule has 1 aromatic heterocycles. The van der Waals surface area contributed by atoms with Crippen LogP contribution in [0.15, 0.2) is 52.8 Å². The van der Waals surface area contributed by atoms with Gasteiger partial charge < -0.3 is 15.2 Å². The van der Waals surface area contributed by atoms with Crippen LogP contribution in [0.4, 0.5) is 0 Å². The van der Waals surface area contributed by atoms with E-state index in [9.17, 15) is 22.8 Å². The fourth-order valence-electron chi connectivity index (χ4n) is 3.08. The van der Waals surface area contributed by atoms with Gasteiger partial charge in [0.2, 0.25) is 21.8 Å². The lowest BCUT2D eigenvalue weighted by molar-refractivity contribution is -0.133. The van der Waals surface area contributed by atoms with Gasteiger partial charge in [0.05, 0.1) is 11.4 Å². The molecular formula is C18H20N4O5S. The first-order valence-electron chi connectivity index (χ1n) is 8.63. The molecule has 0 radical (unpaired) electrons. The van der Waals surface area contributed by atoms with E-state index in [1.807, 2.05) is 0 Å². The van der Waals surface area contributed by atoms with Gasteiger partial charge in [0.25, 0.3) is 5.56 Å². The molecule has 0 aliphatic carbocycles. The number of pyridine rings is 1. The molecule has 0 unspecified atom stereocenters. The number of H-pyrrole nitrogens is 1. The molecule has 1 aliphatic rings. The maximum atomic E-state index is 13.1. The molecule has 2 heterocycles. The third-order valence-electron chi connectivity index (χ3n) is 4.58. The molecule has 28 heavy (non-hydrogen) atoms. The molecule has 3 rings (SSSR count). The van der Waals surface area contributed by atoms with Crippen molar-refractivity contribution < 1.29 is 18.0 Å². The summed E-state index contributed by atoms with van der Waals surface area (Å²) in [7, 11) is -3.82. The van der Waals surface area contributed by atoms with Crippen LogP contribution in [-0.4, -0.2) is 67.1 Å². The Morgan fingerprint density at radius 1 is 1.14 bits per heavy atom. The smallest absolute Gasteiger partial charge is 0.255 e. The normalized spacial score (nSPS) is 15.4. The number of aromatic nitrogens is 1. The predicted octanol–water partition coefficient (Wildman–Crippen LogP) is -0.337. The van der Waals surface area contributed by atoms with Gasteiger partial charge in [-0.2, -0.15) is 4.31 Å². The molecule has 10 heteroatoms. The average molecular weight is 404 g/mol. The Morgan fingerprint density at radius 2 is 1.86 bits per heavy atom. The van der Waals surface area contributed by atoms with Crippen LogP contribution in [0.5, 0.6) is 0 Å². The van der Waals surface area contributed by atoms with Crippen LogP contribution >= 0.6 is 0 Å². The number of carbonyl (C=O) groups excluding carboxylic acids is 2.